The minimum Gasteiger partial charge on any atom is -0.338 e. The zero-order chi connectivity index (χ0) is 21.1. The van der Waals surface area contributed by atoms with E-state index in [9.17, 15) is 14.0 Å². The van der Waals surface area contributed by atoms with Crippen molar-refractivity contribution in [2.75, 3.05) is 50.4 Å². The number of thioether (sulfide) groups is 1. The summed E-state index contributed by atoms with van der Waals surface area (Å²) in [5, 5.41) is 0.371. The summed E-state index contributed by atoms with van der Waals surface area (Å²) in [5.74, 6) is -0.185. The molecule has 1 saturated heterocycles. The Morgan fingerprint density at radius 2 is 1.63 bits per heavy atom. The van der Waals surface area contributed by atoms with Crippen LogP contribution in [0.25, 0.3) is 0 Å². The summed E-state index contributed by atoms with van der Waals surface area (Å²) in [4.78, 5) is 39.0. The van der Waals surface area contributed by atoms with Crippen molar-refractivity contribution >= 4 is 29.5 Å². The van der Waals surface area contributed by atoms with E-state index in [-0.39, 0.29) is 17.6 Å². The largest absolute Gasteiger partial charge is 0.338 e. The highest BCUT2D eigenvalue weighted by Gasteiger charge is 2.34. The number of imide groups is 1. The lowest BCUT2D eigenvalue weighted by atomic mass is 10.1. The third-order valence-electron chi connectivity index (χ3n) is 5.53. The fraction of sp³-hybridized carbons (Fsp3) is 0.429. The Balaban J connectivity index is 1.21. The van der Waals surface area contributed by atoms with E-state index in [2.05, 4.69) is 19.8 Å². The summed E-state index contributed by atoms with van der Waals surface area (Å²) in [6, 6.07) is 6.99. The lowest BCUT2D eigenvalue weighted by Gasteiger charge is -2.34. The number of aromatic nitrogens is 2. The number of halogens is 1. The van der Waals surface area contributed by atoms with Crippen molar-refractivity contribution in [2.24, 2.45) is 0 Å². The predicted octanol–water partition coefficient (Wildman–Crippen LogP) is 2.54. The van der Waals surface area contributed by atoms with Gasteiger partial charge in [0.25, 0.3) is 11.8 Å². The van der Waals surface area contributed by atoms with Crippen molar-refractivity contribution in [3.63, 3.8) is 0 Å². The fourth-order valence-corrected chi connectivity index (χ4v) is 4.28. The predicted molar refractivity (Wildman–Crippen MR) is 113 cm³/mol. The minimum atomic E-state index is -0.386. The van der Waals surface area contributed by atoms with E-state index in [1.807, 2.05) is 0 Å². The van der Waals surface area contributed by atoms with Gasteiger partial charge in [-0.3, -0.25) is 19.4 Å². The van der Waals surface area contributed by atoms with Crippen LogP contribution in [0.3, 0.4) is 0 Å². The third kappa shape index (κ3) is 4.17. The first-order chi connectivity index (χ1) is 14.6. The summed E-state index contributed by atoms with van der Waals surface area (Å²) in [5.41, 5.74) is 1.01. The molecule has 3 heterocycles. The van der Waals surface area contributed by atoms with Gasteiger partial charge in [0.15, 0.2) is 5.82 Å². The lowest BCUT2D eigenvalue weighted by molar-refractivity contribution is 0.0650. The molecule has 0 bridgehead atoms. The first-order valence-electron chi connectivity index (χ1n) is 10.1. The highest BCUT2D eigenvalue weighted by Crippen LogP contribution is 2.23. The molecule has 2 aliphatic rings. The number of unbranched alkanes of at least 4 members (excludes halogenated alkanes) is 1. The first-order valence-corrected chi connectivity index (χ1v) is 11.3. The first kappa shape index (κ1) is 20.7. The Bertz CT molecular complexity index is 914. The van der Waals surface area contributed by atoms with Gasteiger partial charge in [-0.25, -0.2) is 14.4 Å². The monoisotopic (exact) mass is 429 g/mol. The number of anilines is 1. The second kappa shape index (κ2) is 9.09. The average Bonchev–Trinajstić information content (AvgIpc) is 3.02. The molecule has 2 amide bonds. The number of hydrogen-bond donors (Lipinski definition) is 0. The van der Waals surface area contributed by atoms with Crippen LogP contribution < -0.4 is 4.90 Å². The molecule has 7 nitrogen and oxygen atoms in total. The maximum Gasteiger partial charge on any atom is 0.261 e. The molecule has 0 aliphatic carbocycles. The zero-order valence-electron chi connectivity index (χ0n) is 16.9. The van der Waals surface area contributed by atoms with Crippen LogP contribution in [0.15, 0.2) is 35.5 Å². The van der Waals surface area contributed by atoms with E-state index in [4.69, 9.17) is 0 Å². The quantitative estimate of drug-likeness (QED) is 0.290. The molecule has 9 heteroatoms. The number of nitrogens with zero attached hydrogens (tertiary/aromatic N) is 5. The van der Waals surface area contributed by atoms with Crippen LogP contribution >= 0.6 is 11.8 Å². The summed E-state index contributed by atoms with van der Waals surface area (Å²) in [6.07, 6.45) is 4.73. The van der Waals surface area contributed by atoms with Crippen LogP contribution in [0, 0.1) is 5.82 Å². The fourth-order valence-electron chi connectivity index (χ4n) is 3.86. The Hall–Kier alpha value is -2.52. The summed E-state index contributed by atoms with van der Waals surface area (Å²) < 4.78 is 13.6. The molecule has 0 radical (unpaired) electrons. The maximum absolute atomic E-state index is 13.6. The Morgan fingerprint density at radius 3 is 2.27 bits per heavy atom. The molecular formula is C21H24FN5O2S. The van der Waals surface area contributed by atoms with E-state index in [0.29, 0.717) is 28.6 Å². The molecular weight excluding hydrogens is 405 g/mol. The van der Waals surface area contributed by atoms with E-state index in [1.165, 1.54) is 22.9 Å². The van der Waals surface area contributed by atoms with Crippen LogP contribution in [0.2, 0.25) is 0 Å². The maximum atomic E-state index is 13.6. The Labute approximate surface area is 179 Å². The number of carbonyl (C=O) groups is 2. The van der Waals surface area contributed by atoms with E-state index >= 15 is 0 Å². The molecule has 1 fully saturated rings. The van der Waals surface area contributed by atoms with E-state index < -0.39 is 0 Å². The van der Waals surface area contributed by atoms with Crippen LogP contribution in [-0.2, 0) is 0 Å². The standard InChI is InChI=1S/C21H24FN5O2S/c1-30-18-17(22)14-23-21(24-18)26-12-10-25(11-13-26)8-4-5-9-27-19(28)15-6-2-3-7-16(15)20(27)29/h2-3,6-7,14H,4-5,8-13H2,1H3. The van der Waals surface area contributed by atoms with Gasteiger partial charge in [-0.1, -0.05) is 12.1 Å². The number of hydrogen-bond acceptors (Lipinski definition) is 7. The van der Waals surface area contributed by atoms with Crippen molar-refractivity contribution in [1.29, 1.82) is 0 Å². The molecule has 2 aromatic rings. The molecule has 0 unspecified atom stereocenters. The minimum absolute atomic E-state index is 0.187. The smallest absolute Gasteiger partial charge is 0.261 e. The van der Waals surface area contributed by atoms with Gasteiger partial charge in [0.05, 0.1) is 17.3 Å². The molecule has 0 saturated carbocycles. The number of rotatable bonds is 7. The molecule has 0 N–H and O–H groups in total. The van der Waals surface area contributed by atoms with Crippen LogP contribution in [0.5, 0.6) is 0 Å². The zero-order valence-corrected chi connectivity index (χ0v) is 17.7. The molecule has 0 spiro atoms. The Kier molecular flexibility index (Phi) is 6.29. The lowest BCUT2D eigenvalue weighted by Crippen LogP contribution is -2.47. The van der Waals surface area contributed by atoms with Gasteiger partial charge in [0.1, 0.15) is 5.03 Å². The molecule has 0 atom stereocenters. The van der Waals surface area contributed by atoms with Crippen LogP contribution in [0.4, 0.5) is 10.3 Å². The second-order valence-corrected chi connectivity index (χ2v) is 8.17. The van der Waals surface area contributed by atoms with Gasteiger partial charge in [-0.2, -0.15) is 0 Å². The number of piperazine rings is 1. The average molecular weight is 430 g/mol. The molecule has 158 valence electrons. The van der Waals surface area contributed by atoms with E-state index in [1.54, 1.807) is 30.5 Å². The number of fused-ring (bicyclic) bond motifs is 1. The molecule has 4 rings (SSSR count). The number of benzene rings is 1. The van der Waals surface area contributed by atoms with Gasteiger partial charge in [0.2, 0.25) is 5.95 Å². The van der Waals surface area contributed by atoms with Gasteiger partial charge < -0.3 is 4.90 Å². The highest BCUT2D eigenvalue weighted by atomic mass is 32.2. The van der Waals surface area contributed by atoms with Crippen LogP contribution in [-0.4, -0.2) is 77.1 Å². The van der Waals surface area contributed by atoms with Crippen molar-refractivity contribution in [1.82, 2.24) is 19.8 Å². The Morgan fingerprint density at radius 1 is 1.00 bits per heavy atom. The summed E-state index contributed by atoms with van der Waals surface area (Å²) in [6.45, 7) is 4.70. The SMILES string of the molecule is CSc1nc(N2CCN(CCCCN3C(=O)c4ccccc4C3=O)CC2)ncc1F. The highest BCUT2D eigenvalue weighted by molar-refractivity contribution is 7.98. The van der Waals surface area contributed by atoms with Gasteiger partial charge in [-0.15, -0.1) is 11.8 Å². The number of amides is 2. The number of carbonyl (C=O) groups excluding carboxylic acids is 2. The van der Waals surface area contributed by atoms with Gasteiger partial charge >= 0.3 is 0 Å². The van der Waals surface area contributed by atoms with Crippen molar-refractivity contribution in [3.05, 3.63) is 47.4 Å². The normalized spacial score (nSPS) is 17.0. The van der Waals surface area contributed by atoms with Crippen molar-refractivity contribution in [2.45, 2.75) is 17.9 Å². The molecule has 2 aliphatic heterocycles. The van der Waals surface area contributed by atoms with Crippen molar-refractivity contribution in [3.8, 4) is 0 Å². The topological polar surface area (TPSA) is 69.6 Å². The third-order valence-corrected chi connectivity index (χ3v) is 6.20. The van der Waals surface area contributed by atoms with Gasteiger partial charge in [0, 0.05) is 32.7 Å². The molecule has 30 heavy (non-hydrogen) atoms. The molecule has 1 aromatic heterocycles. The molecule has 1 aromatic carbocycles. The van der Waals surface area contributed by atoms with Crippen molar-refractivity contribution < 1.29 is 14.0 Å². The second-order valence-electron chi connectivity index (χ2n) is 7.37. The summed E-state index contributed by atoms with van der Waals surface area (Å²) >= 11 is 1.28. The van der Waals surface area contributed by atoms with Gasteiger partial charge in [-0.05, 0) is 37.8 Å². The van der Waals surface area contributed by atoms with E-state index in [0.717, 1.165) is 45.6 Å². The van der Waals surface area contributed by atoms with Crippen LogP contribution in [0.1, 0.15) is 33.6 Å². The summed E-state index contributed by atoms with van der Waals surface area (Å²) in [7, 11) is 0.